The second-order valence-corrected chi connectivity index (χ2v) is 8.15. The van der Waals surface area contributed by atoms with Gasteiger partial charge < -0.3 is 10.6 Å². The van der Waals surface area contributed by atoms with Crippen molar-refractivity contribution in [3.8, 4) is 0 Å². The Morgan fingerprint density at radius 2 is 2.05 bits per heavy atom. The molecular weight excluding hydrogens is 324 g/mol. The SMILES string of the molecule is CC(=O)Nc1ccc(S(=O)(=O)C(C)C)c([C@H]2CCCN2)c1.Cl. The highest BCUT2D eigenvalue weighted by atomic mass is 35.5. The van der Waals surface area contributed by atoms with Crippen LogP contribution in [0.3, 0.4) is 0 Å². The summed E-state index contributed by atoms with van der Waals surface area (Å²) >= 11 is 0. The lowest BCUT2D eigenvalue weighted by molar-refractivity contribution is -0.114. The van der Waals surface area contributed by atoms with Crippen LogP contribution in [0.15, 0.2) is 23.1 Å². The van der Waals surface area contributed by atoms with Crippen LogP contribution in [0.1, 0.15) is 45.2 Å². The van der Waals surface area contributed by atoms with Gasteiger partial charge in [0.2, 0.25) is 5.91 Å². The van der Waals surface area contributed by atoms with E-state index >= 15 is 0 Å². The van der Waals surface area contributed by atoms with Crippen LogP contribution in [0.25, 0.3) is 0 Å². The van der Waals surface area contributed by atoms with Crippen molar-refractivity contribution in [1.82, 2.24) is 5.32 Å². The number of nitrogens with one attached hydrogen (secondary N) is 2. The molecule has 1 aliphatic rings. The molecule has 7 heteroatoms. The molecule has 0 unspecified atom stereocenters. The molecule has 1 atom stereocenters. The number of amides is 1. The second kappa shape index (κ2) is 7.44. The average Bonchev–Trinajstić information content (AvgIpc) is 2.91. The normalized spacial score (nSPS) is 18.1. The van der Waals surface area contributed by atoms with E-state index in [2.05, 4.69) is 10.6 Å². The Hall–Kier alpha value is -1.11. The predicted octanol–water partition coefficient (Wildman–Crippen LogP) is 2.67. The van der Waals surface area contributed by atoms with E-state index in [9.17, 15) is 13.2 Å². The van der Waals surface area contributed by atoms with Crippen molar-refractivity contribution in [2.75, 3.05) is 11.9 Å². The van der Waals surface area contributed by atoms with Gasteiger partial charge in [-0.05, 0) is 57.0 Å². The predicted molar refractivity (Wildman–Crippen MR) is 90.3 cm³/mol. The van der Waals surface area contributed by atoms with E-state index in [1.54, 1.807) is 32.0 Å². The van der Waals surface area contributed by atoms with Crippen LogP contribution in [0.4, 0.5) is 5.69 Å². The third-order valence-electron chi connectivity index (χ3n) is 3.69. The van der Waals surface area contributed by atoms with Crippen LogP contribution < -0.4 is 10.6 Å². The minimum atomic E-state index is -3.34. The fourth-order valence-electron chi connectivity index (χ4n) is 2.56. The summed E-state index contributed by atoms with van der Waals surface area (Å²) in [6.45, 7) is 5.69. The van der Waals surface area contributed by atoms with Crippen LogP contribution in [-0.4, -0.2) is 26.1 Å². The molecule has 0 aliphatic carbocycles. The van der Waals surface area contributed by atoms with Gasteiger partial charge in [0, 0.05) is 18.7 Å². The van der Waals surface area contributed by atoms with Crippen LogP contribution >= 0.6 is 12.4 Å². The monoisotopic (exact) mass is 346 g/mol. The number of anilines is 1. The van der Waals surface area contributed by atoms with Gasteiger partial charge in [0.25, 0.3) is 0 Å². The topological polar surface area (TPSA) is 75.3 Å². The molecule has 0 saturated carbocycles. The van der Waals surface area contributed by atoms with E-state index in [0.717, 1.165) is 24.9 Å². The second-order valence-electron chi connectivity index (χ2n) is 5.68. The lowest BCUT2D eigenvalue weighted by Crippen LogP contribution is -2.21. The summed E-state index contributed by atoms with van der Waals surface area (Å²) in [4.78, 5) is 11.6. The molecule has 2 N–H and O–H groups in total. The maximum absolute atomic E-state index is 12.5. The zero-order valence-corrected chi connectivity index (χ0v) is 14.7. The van der Waals surface area contributed by atoms with E-state index in [-0.39, 0.29) is 24.4 Å². The molecule has 124 valence electrons. The Kier molecular flexibility index (Phi) is 6.40. The number of benzene rings is 1. The molecule has 0 spiro atoms. The minimum absolute atomic E-state index is 0. The molecule has 5 nitrogen and oxygen atoms in total. The molecule has 2 rings (SSSR count). The van der Waals surface area contributed by atoms with Crippen molar-refractivity contribution >= 4 is 33.8 Å². The van der Waals surface area contributed by atoms with Crippen molar-refractivity contribution in [1.29, 1.82) is 0 Å². The number of rotatable bonds is 4. The summed E-state index contributed by atoms with van der Waals surface area (Å²) in [5.41, 5.74) is 1.39. The Labute approximate surface area is 138 Å². The first kappa shape index (κ1) is 18.9. The van der Waals surface area contributed by atoms with Gasteiger partial charge in [-0.25, -0.2) is 8.42 Å². The molecule has 0 bridgehead atoms. The average molecular weight is 347 g/mol. The molecule has 0 radical (unpaired) electrons. The minimum Gasteiger partial charge on any atom is -0.326 e. The molecule has 1 heterocycles. The molecule has 1 amide bonds. The van der Waals surface area contributed by atoms with Crippen molar-refractivity contribution < 1.29 is 13.2 Å². The van der Waals surface area contributed by atoms with E-state index in [4.69, 9.17) is 0 Å². The van der Waals surface area contributed by atoms with Gasteiger partial charge in [-0.3, -0.25) is 4.79 Å². The lowest BCUT2D eigenvalue weighted by atomic mass is 10.0. The van der Waals surface area contributed by atoms with Crippen molar-refractivity contribution in [3.63, 3.8) is 0 Å². The third kappa shape index (κ3) is 4.00. The van der Waals surface area contributed by atoms with Gasteiger partial charge in [0.15, 0.2) is 9.84 Å². The van der Waals surface area contributed by atoms with Gasteiger partial charge in [0.05, 0.1) is 10.1 Å². The lowest BCUT2D eigenvalue weighted by Gasteiger charge is -2.19. The summed E-state index contributed by atoms with van der Waals surface area (Å²) in [6.07, 6.45) is 1.93. The number of carbonyl (C=O) groups excluding carboxylic acids is 1. The Morgan fingerprint density at radius 1 is 1.36 bits per heavy atom. The third-order valence-corrected chi connectivity index (χ3v) is 5.92. The van der Waals surface area contributed by atoms with Gasteiger partial charge in [-0.1, -0.05) is 0 Å². The maximum atomic E-state index is 12.5. The standard InChI is InChI=1S/C15H22N2O3S.ClH/c1-10(2)21(19,20)15-7-6-12(17-11(3)18)9-13(15)14-5-4-8-16-14;/h6-7,9-10,14,16H,4-5,8H2,1-3H3,(H,17,18);1H/t14-;/m1./s1. The van der Waals surface area contributed by atoms with E-state index in [0.29, 0.717) is 10.6 Å². The maximum Gasteiger partial charge on any atom is 0.221 e. The highest BCUT2D eigenvalue weighted by Gasteiger charge is 2.28. The summed E-state index contributed by atoms with van der Waals surface area (Å²) in [6, 6.07) is 5.06. The number of halogens is 1. The van der Waals surface area contributed by atoms with Crippen LogP contribution in [0, 0.1) is 0 Å². The Balaban J connectivity index is 0.00000242. The smallest absolute Gasteiger partial charge is 0.221 e. The first-order chi connectivity index (χ1) is 9.82. The van der Waals surface area contributed by atoms with Crippen molar-refractivity contribution in [2.24, 2.45) is 0 Å². The largest absolute Gasteiger partial charge is 0.326 e. The molecule has 22 heavy (non-hydrogen) atoms. The van der Waals surface area contributed by atoms with Gasteiger partial charge in [0.1, 0.15) is 0 Å². The fourth-order valence-corrected chi connectivity index (χ4v) is 3.86. The first-order valence-electron chi connectivity index (χ1n) is 7.21. The summed E-state index contributed by atoms with van der Waals surface area (Å²) in [5, 5.41) is 5.57. The summed E-state index contributed by atoms with van der Waals surface area (Å²) in [7, 11) is -3.34. The molecule has 1 aromatic carbocycles. The molecule has 1 fully saturated rings. The zero-order valence-electron chi connectivity index (χ0n) is 13.0. The Bertz CT molecular complexity index is 638. The van der Waals surface area contributed by atoms with Gasteiger partial charge in [-0.15, -0.1) is 12.4 Å². The molecule has 1 aromatic rings. The highest BCUT2D eigenvalue weighted by Crippen LogP contribution is 2.32. The quantitative estimate of drug-likeness (QED) is 0.878. The van der Waals surface area contributed by atoms with Gasteiger partial charge >= 0.3 is 0 Å². The van der Waals surface area contributed by atoms with E-state index in [1.807, 2.05) is 0 Å². The molecule has 1 saturated heterocycles. The Morgan fingerprint density at radius 3 is 2.55 bits per heavy atom. The number of carbonyl (C=O) groups is 1. The van der Waals surface area contributed by atoms with Crippen molar-refractivity contribution in [2.45, 2.75) is 49.8 Å². The van der Waals surface area contributed by atoms with Crippen molar-refractivity contribution in [3.05, 3.63) is 23.8 Å². The van der Waals surface area contributed by atoms with Gasteiger partial charge in [-0.2, -0.15) is 0 Å². The van der Waals surface area contributed by atoms with Crippen LogP contribution in [0.2, 0.25) is 0 Å². The van der Waals surface area contributed by atoms with E-state index < -0.39 is 15.1 Å². The van der Waals surface area contributed by atoms with Crippen LogP contribution in [0.5, 0.6) is 0 Å². The summed E-state index contributed by atoms with van der Waals surface area (Å²) in [5.74, 6) is -0.167. The number of hydrogen-bond acceptors (Lipinski definition) is 4. The summed E-state index contributed by atoms with van der Waals surface area (Å²) < 4.78 is 25.1. The van der Waals surface area contributed by atoms with Crippen LogP contribution in [-0.2, 0) is 14.6 Å². The number of sulfone groups is 1. The highest BCUT2D eigenvalue weighted by molar-refractivity contribution is 7.92. The first-order valence-corrected chi connectivity index (χ1v) is 8.76. The molecule has 1 aliphatic heterocycles. The van der Waals surface area contributed by atoms with E-state index in [1.165, 1.54) is 6.92 Å². The molecular formula is C15H23ClN2O3S. The fraction of sp³-hybridized carbons (Fsp3) is 0.533. The number of hydrogen-bond donors (Lipinski definition) is 2. The molecule has 0 aromatic heterocycles. The zero-order chi connectivity index (χ0) is 15.6.